The van der Waals surface area contributed by atoms with Gasteiger partial charge < -0.3 is 24.1 Å². The molecule has 1 N–H and O–H groups in total. The van der Waals surface area contributed by atoms with Gasteiger partial charge in [0, 0.05) is 10.6 Å². The maximum atomic E-state index is 12.3. The summed E-state index contributed by atoms with van der Waals surface area (Å²) in [5.41, 5.74) is 1.57. The topological polar surface area (TPSA) is 95.7 Å². The highest BCUT2D eigenvalue weighted by Gasteiger charge is 2.17. The Bertz CT molecular complexity index is 1040. The molecule has 30 heavy (non-hydrogen) atoms. The quantitative estimate of drug-likeness (QED) is 0.579. The van der Waals surface area contributed by atoms with Crippen molar-refractivity contribution in [2.45, 2.75) is 26.5 Å². The number of aromatic nitrogens is 2. The van der Waals surface area contributed by atoms with Crippen LogP contribution in [0.2, 0.25) is 5.02 Å². The van der Waals surface area contributed by atoms with Crippen LogP contribution in [-0.2, 0) is 11.3 Å². The second-order valence-corrected chi connectivity index (χ2v) is 6.88. The molecule has 1 amide bonds. The molecule has 0 aliphatic carbocycles. The summed E-state index contributed by atoms with van der Waals surface area (Å²) in [7, 11) is 3.11. The summed E-state index contributed by atoms with van der Waals surface area (Å²) in [5.74, 6) is 2.05. The summed E-state index contributed by atoms with van der Waals surface area (Å²) in [6.07, 6.45) is -0.709. The van der Waals surface area contributed by atoms with Crippen molar-refractivity contribution < 1.29 is 23.5 Å². The smallest absolute Gasteiger partial charge is 0.261 e. The maximum absolute atomic E-state index is 12.3. The van der Waals surface area contributed by atoms with E-state index in [4.69, 9.17) is 30.3 Å². The number of nitrogens with zero attached hydrogens (tertiary/aromatic N) is 2. The van der Waals surface area contributed by atoms with Gasteiger partial charge >= 0.3 is 0 Å². The SMILES string of the molecule is COc1ccc(-c2noc(CNC(=O)[C@H](C)Oc3ccc(Cl)c(C)c3)n2)cc1OC. The number of benzene rings is 2. The summed E-state index contributed by atoms with van der Waals surface area (Å²) in [6, 6.07) is 10.5. The van der Waals surface area contributed by atoms with Crippen LogP contribution in [0, 0.1) is 6.92 Å². The monoisotopic (exact) mass is 431 g/mol. The molecule has 0 fully saturated rings. The molecule has 0 radical (unpaired) electrons. The van der Waals surface area contributed by atoms with Gasteiger partial charge in [-0.15, -0.1) is 0 Å². The molecule has 0 aliphatic heterocycles. The van der Waals surface area contributed by atoms with E-state index in [0.29, 0.717) is 33.7 Å². The van der Waals surface area contributed by atoms with Gasteiger partial charge in [0.15, 0.2) is 17.6 Å². The molecule has 3 rings (SSSR count). The molecule has 8 nitrogen and oxygen atoms in total. The van der Waals surface area contributed by atoms with Crippen LogP contribution in [0.4, 0.5) is 0 Å². The van der Waals surface area contributed by atoms with Crippen LogP contribution >= 0.6 is 11.6 Å². The highest BCUT2D eigenvalue weighted by atomic mass is 35.5. The van der Waals surface area contributed by atoms with E-state index in [1.165, 1.54) is 0 Å². The molecule has 2 aromatic carbocycles. The third-order valence-corrected chi connectivity index (χ3v) is 4.76. The second kappa shape index (κ2) is 9.49. The van der Waals surface area contributed by atoms with E-state index in [9.17, 15) is 4.79 Å². The molecule has 0 bridgehead atoms. The first-order valence-electron chi connectivity index (χ1n) is 9.16. The second-order valence-electron chi connectivity index (χ2n) is 6.47. The summed E-state index contributed by atoms with van der Waals surface area (Å²) in [4.78, 5) is 16.6. The number of nitrogens with one attached hydrogen (secondary N) is 1. The molecule has 0 saturated heterocycles. The number of hydrogen-bond donors (Lipinski definition) is 1. The van der Waals surface area contributed by atoms with E-state index in [-0.39, 0.29) is 18.3 Å². The predicted molar refractivity (Wildman–Crippen MR) is 111 cm³/mol. The van der Waals surface area contributed by atoms with Crippen LogP contribution in [-0.4, -0.2) is 36.4 Å². The Hall–Kier alpha value is -3.26. The van der Waals surface area contributed by atoms with Crippen molar-refractivity contribution in [2.75, 3.05) is 14.2 Å². The van der Waals surface area contributed by atoms with Gasteiger partial charge in [-0.1, -0.05) is 16.8 Å². The van der Waals surface area contributed by atoms with Crippen molar-refractivity contribution in [2.24, 2.45) is 0 Å². The Labute approximate surface area is 179 Å². The van der Waals surface area contributed by atoms with Gasteiger partial charge in [0.25, 0.3) is 5.91 Å². The molecule has 0 spiro atoms. The first-order valence-corrected chi connectivity index (χ1v) is 9.54. The number of ether oxygens (including phenoxy) is 3. The van der Waals surface area contributed by atoms with E-state index in [1.807, 2.05) is 6.92 Å². The predicted octanol–water partition coefficient (Wildman–Crippen LogP) is 3.80. The number of hydrogen-bond acceptors (Lipinski definition) is 7. The number of carbonyl (C=O) groups excluding carboxylic acids is 1. The molecule has 1 aromatic heterocycles. The summed E-state index contributed by atoms with van der Waals surface area (Å²) in [5, 5.41) is 7.31. The van der Waals surface area contributed by atoms with Crippen LogP contribution in [0.1, 0.15) is 18.4 Å². The standard InChI is InChI=1S/C21H22ClN3O5/c1-12-9-15(6-7-16(12)22)29-13(2)21(26)23-11-19-24-20(25-30-19)14-5-8-17(27-3)18(10-14)28-4/h5-10,13H,11H2,1-4H3,(H,23,26)/t13-/m0/s1. The lowest BCUT2D eigenvalue weighted by atomic mass is 10.2. The van der Waals surface area contributed by atoms with Gasteiger partial charge in [0.2, 0.25) is 11.7 Å². The highest BCUT2D eigenvalue weighted by molar-refractivity contribution is 6.31. The summed E-state index contributed by atoms with van der Waals surface area (Å²) in [6.45, 7) is 3.60. The molecule has 0 aliphatic rings. The highest BCUT2D eigenvalue weighted by Crippen LogP contribution is 2.31. The molecular weight excluding hydrogens is 410 g/mol. The molecule has 0 saturated carbocycles. The minimum absolute atomic E-state index is 0.0759. The Kier molecular flexibility index (Phi) is 6.79. The largest absolute Gasteiger partial charge is 0.493 e. The molecule has 0 unspecified atom stereocenters. The number of methoxy groups -OCH3 is 2. The van der Waals surface area contributed by atoms with Crippen LogP contribution in [0.3, 0.4) is 0 Å². The van der Waals surface area contributed by atoms with Gasteiger partial charge in [-0.2, -0.15) is 4.98 Å². The number of rotatable bonds is 8. The fourth-order valence-corrected chi connectivity index (χ4v) is 2.79. The lowest BCUT2D eigenvalue weighted by Crippen LogP contribution is -2.36. The Morgan fingerprint density at radius 3 is 2.63 bits per heavy atom. The van der Waals surface area contributed by atoms with E-state index in [0.717, 1.165) is 5.56 Å². The van der Waals surface area contributed by atoms with Gasteiger partial charge in [-0.05, 0) is 55.8 Å². The van der Waals surface area contributed by atoms with Crippen LogP contribution < -0.4 is 19.5 Å². The van der Waals surface area contributed by atoms with E-state index >= 15 is 0 Å². The van der Waals surface area contributed by atoms with Crippen LogP contribution in [0.25, 0.3) is 11.4 Å². The molecule has 9 heteroatoms. The Morgan fingerprint density at radius 1 is 1.17 bits per heavy atom. The van der Waals surface area contributed by atoms with Gasteiger partial charge in [0.05, 0.1) is 20.8 Å². The van der Waals surface area contributed by atoms with Crippen molar-refractivity contribution in [3.8, 4) is 28.6 Å². The molecule has 1 atom stereocenters. The van der Waals surface area contributed by atoms with Crippen molar-refractivity contribution in [1.29, 1.82) is 0 Å². The molecule has 158 valence electrons. The number of carbonyl (C=O) groups is 1. The number of aryl methyl sites for hydroxylation is 1. The number of halogens is 1. The van der Waals surface area contributed by atoms with E-state index in [2.05, 4.69) is 15.5 Å². The normalized spacial score (nSPS) is 11.6. The van der Waals surface area contributed by atoms with Crippen LogP contribution in [0.15, 0.2) is 40.9 Å². The van der Waals surface area contributed by atoms with E-state index in [1.54, 1.807) is 57.5 Å². The lowest BCUT2D eigenvalue weighted by Gasteiger charge is -2.14. The minimum atomic E-state index is -0.709. The average Bonchev–Trinajstić information content (AvgIpc) is 3.23. The zero-order chi connectivity index (χ0) is 21.7. The van der Waals surface area contributed by atoms with E-state index < -0.39 is 6.10 Å². The minimum Gasteiger partial charge on any atom is -0.493 e. The zero-order valence-electron chi connectivity index (χ0n) is 17.1. The third-order valence-electron chi connectivity index (χ3n) is 4.34. The molecule has 1 heterocycles. The van der Waals surface area contributed by atoms with Gasteiger partial charge in [0.1, 0.15) is 5.75 Å². The number of amides is 1. The van der Waals surface area contributed by atoms with Crippen molar-refractivity contribution >= 4 is 17.5 Å². The first kappa shape index (κ1) is 21.4. The van der Waals surface area contributed by atoms with Crippen LogP contribution in [0.5, 0.6) is 17.2 Å². The van der Waals surface area contributed by atoms with Crippen molar-refractivity contribution in [1.82, 2.24) is 15.5 Å². The maximum Gasteiger partial charge on any atom is 0.261 e. The zero-order valence-corrected chi connectivity index (χ0v) is 17.8. The first-order chi connectivity index (χ1) is 14.4. The fourth-order valence-electron chi connectivity index (χ4n) is 2.67. The van der Waals surface area contributed by atoms with Crippen molar-refractivity contribution in [3.05, 3.63) is 52.9 Å². The Balaban J connectivity index is 1.59. The van der Waals surface area contributed by atoms with Gasteiger partial charge in [-0.3, -0.25) is 4.79 Å². The average molecular weight is 432 g/mol. The summed E-state index contributed by atoms with van der Waals surface area (Å²) < 4.78 is 21.4. The molecular formula is C21H22ClN3O5. The summed E-state index contributed by atoms with van der Waals surface area (Å²) >= 11 is 6.00. The van der Waals surface area contributed by atoms with Gasteiger partial charge in [-0.25, -0.2) is 0 Å². The lowest BCUT2D eigenvalue weighted by molar-refractivity contribution is -0.127. The third kappa shape index (κ3) is 5.01. The fraction of sp³-hybridized carbons (Fsp3) is 0.286. The molecule has 3 aromatic rings. The van der Waals surface area contributed by atoms with Crippen molar-refractivity contribution in [3.63, 3.8) is 0 Å². The Morgan fingerprint density at radius 2 is 1.93 bits per heavy atom.